The van der Waals surface area contributed by atoms with Crippen LogP contribution >= 0.6 is 31.9 Å². The Morgan fingerprint density at radius 2 is 1.95 bits per heavy atom. The summed E-state index contributed by atoms with van der Waals surface area (Å²) in [5.41, 5.74) is 1.97. The lowest BCUT2D eigenvalue weighted by atomic mass is 10.2. The molecule has 0 saturated heterocycles. The number of hydrogen-bond acceptors (Lipinski definition) is 3. The largest absolute Gasteiger partial charge is 0.459 e. The maximum atomic E-state index is 5.87. The summed E-state index contributed by atoms with van der Waals surface area (Å²) in [5, 5.41) is 8.20. The van der Waals surface area contributed by atoms with Gasteiger partial charge in [-0.1, -0.05) is 49.2 Å². The van der Waals surface area contributed by atoms with Crippen LogP contribution in [-0.4, -0.2) is 15.0 Å². The first kappa shape index (κ1) is 14.5. The molecule has 0 aliphatic carbocycles. The van der Waals surface area contributed by atoms with Crippen LogP contribution in [0.15, 0.2) is 51.5 Å². The molecule has 1 unspecified atom stereocenters. The van der Waals surface area contributed by atoms with Crippen LogP contribution in [-0.2, 0) is 6.54 Å². The van der Waals surface area contributed by atoms with Gasteiger partial charge in [-0.2, -0.15) is 0 Å². The molecule has 0 bridgehead atoms. The Labute approximate surface area is 139 Å². The molecule has 0 radical (unpaired) electrons. The zero-order valence-electron chi connectivity index (χ0n) is 11.3. The molecule has 0 N–H and O–H groups in total. The van der Waals surface area contributed by atoms with E-state index in [-0.39, 0.29) is 4.83 Å². The average molecular weight is 411 g/mol. The van der Waals surface area contributed by atoms with E-state index < -0.39 is 0 Å². The van der Waals surface area contributed by atoms with Crippen molar-refractivity contribution in [1.29, 1.82) is 0 Å². The maximum Gasteiger partial charge on any atom is 0.134 e. The smallest absolute Gasteiger partial charge is 0.134 e. The molecule has 2 heterocycles. The van der Waals surface area contributed by atoms with Gasteiger partial charge in [-0.15, -0.1) is 5.10 Å². The summed E-state index contributed by atoms with van der Waals surface area (Å²) in [7, 11) is 0. The number of aromatic nitrogens is 3. The highest BCUT2D eigenvalue weighted by molar-refractivity contribution is 9.10. The van der Waals surface area contributed by atoms with Crippen molar-refractivity contribution in [2.24, 2.45) is 0 Å². The number of alkyl halides is 1. The number of hydrogen-bond donors (Lipinski definition) is 0. The van der Waals surface area contributed by atoms with E-state index in [2.05, 4.69) is 42.2 Å². The fourth-order valence-corrected chi connectivity index (χ4v) is 2.44. The minimum absolute atomic E-state index is 0.196. The van der Waals surface area contributed by atoms with Gasteiger partial charge in [0.15, 0.2) is 0 Å². The molecule has 108 valence electrons. The molecular weight excluding hydrogens is 398 g/mol. The molecule has 1 atom stereocenters. The van der Waals surface area contributed by atoms with Gasteiger partial charge < -0.3 is 4.42 Å². The third-order valence-electron chi connectivity index (χ3n) is 3.07. The predicted octanol–water partition coefficient (Wildman–Crippen LogP) is 4.80. The van der Waals surface area contributed by atoms with Crippen molar-refractivity contribution >= 4 is 31.9 Å². The van der Waals surface area contributed by atoms with Crippen LogP contribution in [0.5, 0.6) is 0 Å². The molecule has 6 heteroatoms. The molecule has 4 nitrogen and oxygen atoms in total. The van der Waals surface area contributed by atoms with Crippen LogP contribution in [0, 0.1) is 0 Å². The van der Waals surface area contributed by atoms with Gasteiger partial charge in [-0.25, -0.2) is 4.68 Å². The van der Waals surface area contributed by atoms with Gasteiger partial charge in [0.25, 0.3) is 0 Å². The highest BCUT2D eigenvalue weighted by Gasteiger charge is 2.09. The molecule has 0 aliphatic rings. The monoisotopic (exact) mass is 409 g/mol. The fraction of sp³-hybridized carbons (Fsp3) is 0.200. The lowest BCUT2D eigenvalue weighted by Gasteiger charge is -1.99. The second kappa shape index (κ2) is 6.15. The predicted molar refractivity (Wildman–Crippen MR) is 88.3 cm³/mol. The molecule has 0 saturated carbocycles. The van der Waals surface area contributed by atoms with Crippen LogP contribution < -0.4 is 0 Å². The van der Waals surface area contributed by atoms with Crippen molar-refractivity contribution in [3.8, 4) is 11.3 Å². The molecule has 0 spiro atoms. The minimum atomic E-state index is 0.196. The summed E-state index contributed by atoms with van der Waals surface area (Å²) < 4.78 is 8.70. The number of furan rings is 1. The van der Waals surface area contributed by atoms with Gasteiger partial charge in [0.2, 0.25) is 0 Å². The lowest BCUT2D eigenvalue weighted by molar-refractivity contribution is 0.485. The zero-order valence-corrected chi connectivity index (χ0v) is 14.5. The maximum absolute atomic E-state index is 5.87. The highest BCUT2D eigenvalue weighted by atomic mass is 79.9. The first-order valence-corrected chi connectivity index (χ1v) is 8.21. The summed E-state index contributed by atoms with van der Waals surface area (Å²) in [6, 6.07) is 12.0. The van der Waals surface area contributed by atoms with Crippen LogP contribution in [0.3, 0.4) is 0 Å². The van der Waals surface area contributed by atoms with Crippen molar-refractivity contribution in [3.05, 3.63) is 58.5 Å². The van der Waals surface area contributed by atoms with Crippen molar-refractivity contribution < 1.29 is 4.42 Å². The van der Waals surface area contributed by atoms with Crippen LogP contribution in [0.2, 0.25) is 0 Å². The fourth-order valence-electron chi connectivity index (χ4n) is 1.96. The topological polar surface area (TPSA) is 43.9 Å². The van der Waals surface area contributed by atoms with Crippen molar-refractivity contribution in [3.63, 3.8) is 0 Å². The van der Waals surface area contributed by atoms with Crippen LogP contribution in [0.1, 0.15) is 23.2 Å². The second-order valence-corrected chi connectivity index (χ2v) is 7.02. The van der Waals surface area contributed by atoms with Gasteiger partial charge in [-0.05, 0) is 31.2 Å². The Kier molecular flexibility index (Phi) is 4.26. The summed E-state index contributed by atoms with van der Waals surface area (Å²) >= 11 is 6.91. The number of rotatable bonds is 4. The zero-order chi connectivity index (χ0) is 14.8. The van der Waals surface area contributed by atoms with Gasteiger partial charge in [-0.3, -0.25) is 0 Å². The van der Waals surface area contributed by atoms with Gasteiger partial charge in [0.1, 0.15) is 18.1 Å². The van der Waals surface area contributed by atoms with E-state index in [1.807, 2.05) is 49.5 Å². The second-order valence-electron chi connectivity index (χ2n) is 4.73. The highest BCUT2D eigenvalue weighted by Crippen LogP contribution is 2.24. The number of nitrogens with zero attached hydrogens (tertiary/aromatic N) is 3. The Hall–Kier alpha value is -1.40. The number of halogens is 2. The van der Waals surface area contributed by atoms with E-state index in [1.165, 1.54) is 0 Å². The molecule has 1 aromatic carbocycles. The van der Waals surface area contributed by atoms with Crippen LogP contribution in [0.4, 0.5) is 0 Å². The van der Waals surface area contributed by atoms with Crippen molar-refractivity contribution in [2.45, 2.75) is 18.3 Å². The van der Waals surface area contributed by atoms with E-state index in [1.54, 1.807) is 4.68 Å². The molecule has 3 aromatic rings. The third-order valence-corrected chi connectivity index (χ3v) is 4.07. The molecular formula is C15H13Br2N3O. The van der Waals surface area contributed by atoms with E-state index in [0.717, 1.165) is 27.3 Å². The molecule has 21 heavy (non-hydrogen) atoms. The van der Waals surface area contributed by atoms with Gasteiger partial charge in [0.05, 0.1) is 16.7 Å². The van der Waals surface area contributed by atoms with E-state index in [9.17, 15) is 0 Å². The first-order chi connectivity index (χ1) is 10.1. The van der Waals surface area contributed by atoms with Gasteiger partial charge >= 0.3 is 0 Å². The third kappa shape index (κ3) is 3.44. The summed E-state index contributed by atoms with van der Waals surface area (Å²) in [5.74, 6) is 1.71. The molecule has 3 rings (SSSR count). The number of benzene rings is 1. The Morgan fingerprint density at radius 3 is 2.62 bits per heavy atom. The van der Waals surface area contributed by atoms with E-state index in [0.29, 0.717) is 6.54 Å². The summed E-state index contributed by atoms with van der Waals surface area (Å²) in [6.45, 7) is 2.59. The van der Waals surface area contributed by atoms with Crippen molar-refractivity contribution in [1.82, 2.24) is 15.0 Å². The Morgan fingerprint density at radius 1 is 1.19 bits per heavy atom. The molecule has 2 aromatic heterocycles. The minimum Gasteiger partial charge on any atom is -0.459 e. The van der Waals surface area contributed by atoms with E-state index in [4.69, 9.17) is 4.42 Å². The molecule has 0 aliphatic heterocycles. The standard InChI is InChI=1S/C15H13Br2N3O/c1-10(16)14-9-20(19-18-14)8-13-6-7-15(21-13)11-2-4-12(17)5-3-11/h2-7,9-10H,8H2,1H3. The average Bonchev–Trinajstić information content (AvgIpc) is 3.10. The Bertz CT molecular complexity index is 731. The SMILES string of the molecule is CC(Br)c1cn(Cc2ccc(-c3ccc(Br)cc3)o2)nn1. The summed E-state index contributed by atoms with van der Waals surface area (Å²) in [6.07, 6.45) is 1.92. The lowest BCUT2D eigenvalue weighted by Crippen LogP contribution is -1.98. The Balaban J connectivity index is 1.76. The summed E-state index contributed by atoms with van der Waals surface area (Å²) in [4.78, 5) is 0.196. The quantitative estimate of drug-likeness (QED) is 0.580. The normalized spacial score (nSPS) is 12.5. The van der Waals surface area contributed by atoms with Gasteiger partial charge in [0, 0.05) is 10.0 Å². The first-order valence-electron chi connectivity index (χ1n) is 6.50. The molecule has 0 fully saturated rings. The molecule has 0 amide bonds. The van der Waals surface area contributed by atoms with Crippen LogP contribution in [0.25, 0.3) is 11.3 Å². The van der Waals surface area contributed by atoms with E-state index >= 15 is 0 Å². The van der Waals surface area contributed by atoms with Crippen molar-refractivity contribution in [2.75, 3.05) is 0 Å².